The van der Waals surface area contributed by atoms with Crippen LogP contribution in [0.5, 0.6) is 0 Å². The molecule has 2 atom stereocenters. The van der Waals surface area contributed by atoms with E-state index in [-0.39, 0.29) is 36.0 Å². The Labute approximate surface area is 169 Å². The zero-order valence-electron chi connectivity index (χ0n) is 15.6. The van der Waals surface area contributed by atoms with Gasteiger partial charge in [-0.05, 0) is 62.9 Å². The van der Waals surface area contributed by atoms with Crippen LogP contribution in [0.1, 0.15) is 84.0 Å². The first-order valence-electron chi connectivity index (χ1n) is 9.38. The molecule has 0 aromatic carbocycles. The number of carbonyl (C=O) groups is 1. The van der Waals surface area contributed by atoms with Crippen molar-refractivity contribution in [2.75, 3.05) is 0 Å². The molecule has 0 saturated heterocycles. The van der Waals surface area contributed by atoms with E-state index >= 15 is 0 Å². The Kier molecular flexibility index (Phi) is 14.9. The molecule has 132 valence electrons. The molecule has 1 aliphatic carbocycles. The van der Waals surface area contributed by atoms with Crippen LogP contribution in [-0.4, -0.2) is 11.1 Å². The van der Waals surface area contributed by atoms with Gasteiger partial charge < -0.3 is 15.0 Å². The second-order valence-corrected chi connectivity index (χ2v) is 6.79. The van der Waals surface area contributed by atoms with Crippen LogP contribution in [0, 0.1) is 11.8 Å². The van der Waals surface area contributed by atoms with Crippen molar-refractivity contribution in [2.24, 2.45) is 11.8 Å². The topological polar surface area (TPSA) is 60.4 Å². The first-order chi connectivity index (χ1) is 11.1. The molecule has 0 heterocycles. The molecule has 0 aromatic rings. The van der Waals surface area contributed by atoms with Gasteiger partial charge in [-0.3, -0.25) is 0 Å². The number of carboxylic acids is 1. The molecule has 0 amide bonds. The number of aliphatic hydroxyl groups is 1. The third-order valence-electron chi connectivity index (χ3n) is 4.80. The summed E-state index contributed by atoms with van der Waals surface area (Å²) < 4.78 is 0. The standard InChI is InChI=1S/C20H34O3.Na/c1-2-3-4-5-6-7-10-17-11-8-12-18(17)15-16-19(21)13-9-14-20(22)23;/h7,10,16-18,21H,2-6,8-9,11-15H2,1H3,(H,22,23);/q;+1/p-1/t17-,18+;/m0./s1. The fraction of sp³-hybridized carbons (Fsp3) is 0.750. The third-order valence-corrected chi connectivity index (χ3v) is 4.80. The van der Waals surface area contributed by atoms with Crippen molar-refractivity contribution in [2.45, 2.75) is 84.0 Å². The quantitative estimate of drug-likeness (QED) is 0.254. The Balaban J connectivity index is 0.00000529. The summed E-state index contributed by atoms with van der Waals surface area (Å²) in [6.45, 7) is 2.24. The molecule has 0 unspecified atom stereocenters. The average Bonchev–Trinajstić information content (AvgIpc) is 2.96. The number of unbranched alkanes of at least 4 members (excludes halogenated alkanes) is 4. The number of aliphatic carboxylic acids is 1. The predicted molar refractivity (Wildman–Crippen MR) is 92.9 cm³/mol. The van der Waals surface area contributed by atoms with Gasteiger partial charge in [0.05, 0.1) is 5.76 Å². The van der Waals surface area contributed by atoms with Crippen LogP contribution in [0.3, 0.4) is 0 Å². The zero-order chi connectivity index (χ0) is 16.9. The molecule has 1 rings (SSSR count). The van der Waals surface area contributed by atoms with Crippen molar-refractivity contribution in [1.29, 1.82) is 0 Å². The zero-order valence-corrected chi connectivity index (χ0v) is 17.6. The first-order valence-corrected chi connectivity index (χ1v) is 9.38. The van der Waals surface area contributed by atoms with Crippen molar-refractivity contribution in [3.8, 4) is 0 Å². The van der Waals surface area contributed by atoms with E-state index in [1.54, 1.807) is 0 Å². The Hall–Kier alpha value is -0.250. The second kappa shape index (κ2) is 15.0. The number of hydrogen-bond acceptors (Lipinski definition) is 3. The van der Waals surface area contributed by atoms with Crippen LogP contribution in [0.15, 0.2) is 24.0 Å². The minimum absolute atomic E-state index is 0. The van der Waals surface area contributed by atoms with E-state index in [1.165, 1.54) is 51.4 Å². The minimum Gasteiger partial charge on any atom is -0.550 e. The molecule has 24 heavy (non-hydrogen) atoms. The minimum atomic E-state index is -1.04. The number of carboxylic acid groups (broad SMARTS) is 1. The Morgan fingerprint density at radius 1 is 1.17 bits per heavy atom. The summed E-state index contributed by atoms with van der Waals surface area (Å²) in [5, 5.41) is 20.2. The Morgan fingerprint density at radius 2 is 1.96 bits per heavy atom. The molecule has 4 heteroatoms. The smallest absolute Gasteiger partial charge is 0.550 e. The maximum Gasteiger partial charge on any atom is 1.00 e. The van der Waals surface area contributed by atoms with Crippen LogP contribution in [-0.2, 0) is 4.79 Å². The fourth-order valence-electron chi connectivity index (χ4n) is 3.37. The number of aliphatic hydroxyl groups excluding tert-OH is 1. The van der Waals surface area contributed by atoms with Gasteiger partial charge >= 0.3 is 29.6 Å². The van der Waals surface area contributed by atoms with E-state index in [0.29, 0.717) is 30.4 Å². The summed E-state index contributed by atoms with van der Waals surface area (Å²) in [7, 11) is 0. The third kappa shape index (κ3) is 11.3. The van der Waals surface area contributed by atoms with Crippen LogP contribution < -0.4 is 34.7 Å². The Morgan fingerprint density at radius 3 is 2.67 bits per heavy atom. The van der Waals surface area contributed by atoms with Gasteiger partial charge in [0.15, 0.2) is 0 Å². The molecule has 1 saturated carbocycles. The van der Waals surface area contributed by atoms with Crippen molar-refractivity contribution in [3.05, 3.63) is 24.0 Å². The molecule has 1 aliphatic rings. The van der Waals surface area contributed by atoms with Crippen LogP contribution in [0.4, 0.5) is 0 Å². The van der Waals surface area contributed by atoms with E-state index in [1.807, 2.05) is 6.08 Å². The van der Waals surface area contributed by atoms with E-state index in [2.05, 4.69) is 19.1 Å². The molecular formula is C20H33NaO3. The van der Waals surface area contributed by atoms with Crippen LogP contribution in [0.2, 0.25) is 0 Å². The number of allylic oxidation sites excluding steroid dienone is 4. The van der Waals surface area contributed by atoms with Gasteiger partial charge in [-0.25, -0.2) is 0 Å². The molecule has 0 aromatic heterocycles. The van der Waals surface area contributed by atoms with Crippen LogP contribution >= 0.6 is 0 Å². The summed E-state index contributed by atoms with van der Waals surface area (Å²) >= 11 is 0. The fourth-order valence-corrected chi connectivity index (χ4v) is 3.37. The van der Waals surface area contributed by atoms with E-state index in [0.717, 1.165) is 6.42 Å². The van der Waals surface area contributed by atoms with E-state index in [9.17, 15) is 15.0 Å². The SMILES string of the molecule is CCCCCCC=C[C@H]1CCC[C@@H]1CC=C(O)CCCC(=O)[O-].[Na+]. The molecule has 0 aliphatic heterocycles. The monoisotopic (exact) mass is 344 g/mol. The number of carbonyl (C=O) groups excluding carboxylic acids is 1. The van der Waals surface area contributed by atoms with Gasteiger partial charge in [-0.2, -0.15) is 0 Å². The first kappa shape index (κ1) is 23.8. The van der Waals surface area contributed by atoms with Gasteiger partial charge in [0, 0.05) is 12.4 Å². The van der Waals surface area contributed by atoms with Gasteiger partial charge in [-0.15, -0.1) is 0 Å². The van der Waals surface area contributed by atoms with Gasteiger partial charge in [-0.1, -0.05) is 44.8 Å². The Bertz CT molecular complexity index is 390. The number of rotatable bonds is 12. The van der Waals surface area contributed by atoms with Crippen molar-refractivity contribution in [1.82, 2.24) is 0 Å². The summed E-state index contributed by atoms with van der Waals surface area (Å²) in [6, 6.07) is 0. The van der Waals surface area contributed by atoms with E-state index in [4.69, 9.17) is 0 Å². The molecule has 0 spiro atoms. The maximum absolute atomic E-state index is 10.4. The molecule has 0 radical (unpaired) electrons. The van der Waals surface area contributed by atoms with Crippen molar-refractivity contribution >= 4 is 5.97 Å². The predicted octanol–water partition coefficient (Wildman–Crippen LogP) is 1.69. The summed E-state index contributed by atoms with van der Waals surface area (Å²) in [6.07, 6.45) is 18.7. The van der Waals surface area contributed by atoms with Gasteiger partial charge in [0.1, 0.15) is 0 Å². The second-order valence-electron chi connectivity index (χ2n) is 6.79. The molecule has 1 N–H and O–H groups in total. The maximum atomic E-state index is 10.4. The van der Waals surface area contributed by atoms with Gasteiger partial charge in [0.25, 0.3) is 0 Å². The molecular weight excluding hydrogens is 311 g/mol. The normalized spacial score (nSPS) is 21.1. The molecule has 0 bridgehead atoms. The van der Waals surface area contributed by atoms with Gasteiger partial charge in [0.2, 0.25) is 0 Å². The summed E-state index contributed by atoms with van der Waals surface area (Å²) in [5.74, 6) is 0.566. The van der Waals surface area contributed by atoms with Crippen LogP contribution in [0.25, 0.3) is 0 Å². The average molecular weight is 344 g/mol. The molecule has 1 fully saturated rings. The molecule has 3 nitrogen and oxygen atoms in total. The number of hydrogen-bond donors (Lipinski definition) is 1. The summed E-state index contributed by atoms with van der Waals surface area (Å²) in [5.41, 5.74) is 0. The van der Waals surface area contributed by atoms with E-state index < -0.39 is 5.97 Å². The van der Waals surface area contributed by atoms with Crippen molar-refractivity contribution in [3.63, 3.8) is 0 Å². The van der Waals surface area contributed by atoms with Crippen molar-refractivity contribution < 1.29 is 44.6 Å². The summed E-state index contributed by atoms with van der Waals surface area (Å²) in [4.78, 5) is 10.4. The largest absolute Gasteiger partial charge is 1.00 e.